The summed E-state index contributed by atoms with van der Waals surface area (Å²) in [5.74, 6) is -4.57. The average molecular weight is 451 g/mol. The molecule has 1 aliphatic heterocycles. The summed E-state index contributed by atoms with van der Waals surface area (Å²) < 4.78 is 44.8. The van der Waals surface area contributed by atoms with Gasteiger partial charge in [-0.25, -0.2) is 13.6 Å². The third kappa shape index (κ3) is 5.39. The predicted molar refractivity (Wildman–Crippen MR) is 112 cm³/mol. The molecule has 3 rings (SSSR count). The zero-order valence-corrected chi connectivity index (χ0v) is 18.8. The van der Waals surface area contributed by atoms with Gasteiger partial charge in [-0.1, -0.05) is 19.8 Å². The maximum absolute atomic E-state index is 14.6. The predicted octanol–water partition coefficient (Wildman–Crippen LogP) is 3.58. The van der Waals surface area contributed by atoms with Crippen LogP contribution in [0.2, 0.25) is 5.82 Å². The van der Waals surface area contributed by atoms with Crippen LogP contribution in [0, 0.1) is 17.0 Å². The van der Waals surface area contributed by atoms with Gasteiger partial charge in [0.1, 0.15) is 11.3 Å². The lowest BCUT2D eigenvalue weighted by Gasteiger charge is -2.33. The summed E-state index contributed by atoms with van der Waals surface area (Å²) >= 11 is 0. The minimum Gasteiger partial charge on any atom is -0.557 e. The van der Waals surface area contributed by atoms with Crippen molar-refractivity contribution >= 4 is 24.8 Å². The maximum atomic E-state index is 14.6. The molecular formula is C22H28BF2NO6. The van der Waals surface area contributed by atoms with E-state index in [1.165, 1.54) is 0 Å². The molecule has 0 saturated heterocycles. The molecule has 1 amide bonds. The Kier molecular flexibility index (Phi) is 7.10. The first-order chi connectivity index (χ1) is 15.0. The SMILES string of the molecule is CCCC(=O)N[C@H]1Cc2c(F)c(F)cc(C(=O)OCOC(=O)C(C)(C)C)c2OB1C1CC1. The third-order valence-corrected chi connectivity index (χ3v) is 5.46. The van der Waals surface area contributed by atoms with Gasteiger partial charge < -0.3 is 19.4 Å². The normalized spacial score (nSPS) is 17.8. The smallest absolute Gasteiger partial charge is 0.383 e. The lowest BCUT2D eigenvalue weighted by atomic mass is 9.52. The second-order valence-electron chi connectivity index (χ2n) is 9.31. The second kappa shape index (κ2) is 9.46. The summed E-state index contributed by atoms with van der Waals surface area (Å²) in [5, 5.41) is 2.86. The number of hydrogen-bond donors (Lipinski definition) is 1. The Balaban J connectivity index is 1.82. The quantitative estimate of drug-likeness (QED) is 0.387. The molecule has 7 nitrogen and oxygen atoms in total. The van der Waals surface area contributed by atoms with Gasteiger partial charge >= 0.3 is 18.9 Å². The van der Waals surface area contributed by atoms with Crippen LogP contribution in [-0.2, 0) is 25.5 Å². The molecule has 1 saturated carbocycles. The summed E-state index contributed by atoms with van der Waals surface area (Å²) in [6.07, 6.45) is 2.73. The van der Waals surface area contributed by atoms with Crippen molar-refractivity contribution in [1.29, 1.82) is 0 Å². The molecule has 32 heavy (non-hydrogen) atoms. The van der Waals surface area contributed by atoms with E-state index in [9.17, 15) is 23.2 Å². The summed E-state index contributed by atoms with van der Waals surface area (Å²) in [6.45, 7) is 5.68. The largest absolute Gasteiger partial charge is 0.557 e. The van der Waals surface area contributed by atoms with Gasteiger partial charge in [-0.15, -0.1) is 0 Å². The van der Waals surface area contributed by atoms with Gasteiger partial charge in [-0.2, -0.15) is 0 Å². The van der Waals surface area contributed by atoms with E-state index in [0.717, 1.165) is 18.9 Å². The Hall–Kier alpha value is -2.65. The van der Waals surface area contributed by atoms with Crippen LogP contribution in [0.5, 0.6) is 5.75 Å². The van der Waals surface area contributed by atoms with Crippen molar-refractivity contribution in [2.75, 3.05) is 6.79 Å². The number of nitrogens with one attached hydrogen (secondary N) is 1. The zero-order chi connectivity index (χ0) is 23.6. The number of ether oxygens (including phenoxy) is 2. The Morgan fingerprint density at radius 3 is 2.50 bits per heavy atom. The number of halogens is 2. The van der Waals surface area contributed by atoms with Crippen LogP contribution in [0.1, 0.15) is 69.3 Å². The summed E-state index contributed by atoms with van der Waals surface area (Å²) in [7, 11) is 0. The number of amides is 1. The van der Waals surface area contributed by atoms with Crippen molar-refractivity contribution in [3.05, 3.63) is 28.8 Å². The fourth-order valence-corrected chi connectivity index (χ4v) is 3.60. The van der Waals surface area contributed by atoms with E-state index in [1.54, 1.807) is 20.8 Å². The third-order valence-electron chi connectivity index (χ3n) is 5.46. The Morgan fingerprint density at radius 1 is 1.22 bits per heavy atom. The van der Waals surface area contributed by atoms with Crippen LogP contribution in [0.25, 0.3) is 0 Å². The molecule has 1 heterocycles. The van der Waals surface area contributed by atoms with Gasteiger partial charge in [-0.05, 0) is 45.5 Å². The maximum Gasteiger partial charge on any atom is 0.383 e. The molecule has 0 bridgehead atoms. The minimum absolute atomic E-state index is 0.00512. The molecular weight excluding hydrogens is 423 g/mol. The van der Waals surface area contributed by atoms with Crippen LogP contribution in [0.15, 0.2) is 6.07 Å². The monoisotopic (exact) mass is 451 g/mol. The van der Waals surface area contributed by atoms with E-state index in [-0.39, 0.29) is 35.0 Å². The first-order valence-corrected chi connectivity index (χ1v) is 10.8. The van der Waals surface area contributed by atoms with Gasteiger partial charge in [0.25, 0.3) is 0 Å². The zero-order valence-electron chi connectivity index (χ0n) is 18.8. The molecule has 2 aliphatic rings. The highest BCUT2D eigenvalue weighted by Gasteiger charge is 2.48. The first kappa shape index (κ1) is 24.0. The first-order valence-electron chi connectivity index (χ1n) is 10.8. The number of hydrogen-bond acceptors (Lipinski definition) is 6. The molecule has 0 unspecified atom stereocenters. The van der Waals surface area contributed by atoms with E-state index < -0.39 is 48.6 Å². The van der Waals surface area contributed by atoms with Crippen molar-refractivity contribution in [3.63, 3.8) is 0 Å². The highest BCUT2D eigenvalue weighted by molar-refractivity contribution is 6.58. The molecule has 1 aliphatic carbocycles. The Labute approximate surface area is 186 Å². The number of fused-ring (bicyclic) bond motifs is 1. The number of carbonyl (C=O) groups is 3. The lowest BCUT2D eigenvalue weighted by molar-refractivity contribution is -0.161. The minimum atomic E-state index is -1.23. The van der Waals surface area contributed by atoms with E-state index in [2.05, 4.69) is 5.32 Å². The standard InChI is InChI=1S/C22H28BF2NO6/c1-5-6-17(27)26-16-10-13-18(25)15(24)9-14(19(13)32-23(16)12-7-8-12)20(28)30-11-31-21(29)22(2,3)4/h9,12,16H,5-8,10-11H2,1-4H3,(H,26,27)/t16-/m0/s1. The Morgan fingerprint density at radius 2 is 1.91 bits per heavy atom. The molecule has 1 aromatic rings. The molecule has 0 radical (unpaired) electrons. The fraction of sp³-hybridized carbons (Fsp3) is 0.591. The summed E-state index contributed by atoms with van der Waals surface area (Å²) in [6, 6.07) is 0.724. The molecule has 1 atom stereocenters. The lowest BCUT2D eigenvalue weighted by Crippen LogP contribution is -2.53. The molecule has 174 valence electrons. The molecule has 0 aromatic heterocycles. The highest BCUT2D eigenvalue weighted by atomic mass is 19.2. The Bertz CT molecular complexity index is 913. The van der Waals surface area contributed by atoms with Gasteiger partial charge in [-0.3, -0.25) is 9.59 Å². The average Bonchev–Trinajstić information content (AvgIpc) is 3.55. The van der Waals surface area contributed by atoms with E-state index in [4.69, 9.17) is 14.1 Å². The van der Waals surface area contributed by atoms with Crippen LogP contribution in [0.3, 0.4) is 0 Å². The molecule has 10 heteroatoms. The molecule has 1 fully saturated rings. The van der Waals surface area contributed by atoms with Crippen LogP contribution < -0.4 is 9.97 Å². The van der Waals surface area contributed by atoms with Gasteiger partial charge in [0.2, 0.25) is 12.7 Å². The van der Waals surface area contributed by atoms with E-state index in [1.807, 2.05) is 6.92 Å². The summed E-state index contributed by atoms with van der Waals surface area (Å²) in [5.41, 5.74) is -1.19. The van der Waals surface area contributed by atoms with Crippen molar-refractivity contribution < 1.29 is 37.3 Å². The number of esters is 2. The molecule has 1 N–H and O–H groups in total. The molecule has 1 aromatic carbocycles. The van der Waals surface area contributed by atoms with Gasteiger partial charge in [0.05, 0.1) is 11.4 Å². The van der Waals surface area contributed by atoms with Crippen LogP contribution in [-0.4, -0.2) is 37.5 Å². The number of benzene rings is 1. The van der Waals surface area contributed by atoms with Crippen molar-refractivity contribution in [2.24, 2.45) is 5.41 Å². The van der Waals surface area contributed by atoms with Crippen molar-refractivity contribution in [2.45, 2.75) is 71.6 Å². The van der Waals surface area contributed by atoms with E-state index >= 15 is 0 Å². The van der Waals surface area contributed by atoms with Crippen LogP contribution in [0.4, 0.5) is 8.78 Å². The summed E-state index contributed by atoms with van der Waals surface area (Å²) in [4.78, 5) is 36.6. The topological polar surface area (TPSA) is 90.9 Å². The van der Waals surface area contributed by atoms with E-state index in [0.29, 0.717) is 12.8 Å². The van der Waals surface area contributed by atoms with Crippen molar-refractivity contribution in [3.8, 4) is 5.75 Å². The van der Waals surface area contributed by atoms with Crippen molar-refractivity contribution in [1.82, 2.24) is 5.32 Å². The number of carbonyl (C=O) groups excluding carboxylic acids is 3. The molecule has 0 spiro atoms. The fourth-order valence-electron chi connectivity index (χ4n) is 3.60. The number of rotatable bonds is 7. The van der Waals surface area contributed by atoms with Crippen LogP contribution >= 0.6 is 0 Å². The van der Waals surface area contributed by atoms with Gasteiger partial charge in [0.15, 0.2) is 11.6 Å². The van der Waals surface area contributed by atoms with Gasteiger partial charge in [0, 0.05) is 12.0 Å². The second-order valence-corrected chi connectivity index (χ2v) is 9.31. The highest BCUT2D eigenvalue weighted by Crippen LogP contribution is 2.45.